The molecule has 27 heavy (non-hydrogen) atoms. The Bertz CT molecular complexity index is 829. The van der Waals surface area contributed by atoms with Gasteiger partial charge in [0.25, 0.3) is 5.91 Å². The van der Waals surface area contributed by atoms with Crippen LogP contribution in [-0.2, 0) is 5.54 Å². The lowest BCUT2D eigenvalue weighted by molar-refractivity contribution is 0.0937. The molecule has 1 aliphatic carbocycles. The molecular formula is C21H33N5O. The largest absolute Gasteiger partial charge is 0.348 e. The van der Waals surface area contributed by atoms with Gasteiger partial charge in [0.15, 0.2) is 5.65 Å². The first-order valence-electron chi connectivity index (χ1n) is 10.2. The van der Waals surface area contributed by atoms with Crippen molar-refractivity contribution in [1.29, 1.82) is 0 Å². The number of aryl methyl sites for hydroxylation is 1. The molecule has 0 aromatic carbocycles. The minimum Gasteiger partial charge on any atom is -0.348 e. The van der Waals surface area contributed by atoms with Crippen LogP contribution in [0.15, 0.2) is 6.07 Å². The van der Waals surface area contributed by atoms with Crippen molar-refractivity contribution in [3.05, 3.63) is 23.0 Å². The van der Waals surface area contributed by atoms with E-state index in [4.69, 9.17) is 15.8 Å². The maximum Gasteiger partial charge on any atom is 0.252 e. The highest BCUT2D eigenvalue weighted by molar-refractivity contribution is 6.06. The third-order valence-electron chi connectivity index (χ3n) is 5.23. The zero-order valence-electron chi connectivity index (χ0n) is 17.3. The quantitative estimate of drug-likeness (QED) is 0.778. The van der Waals surface area contributed by atoms with Gasteiger partial charge in [-0.3, -0.25) is 4.79 Å². The second-order valence-corrected chi connectivity index (χ2v) is 8.78. The van der Waals surface area contributed by atoms with Crippen LogP contribution in [0.2, 0.25) is 0 Å². The minimum absolute atomic E-state index is 0.00278. The SMILES string of the molecule is CCCCC(CN)NC(=O)c1cc(C2CC2)nc2c1c(C)nn2C(C)(C)C. The molecule has 2 heterocycles. The number of hydrogen-bond donors (Lipinski definition) is 2. The number of nitrogens with one attached hydrogen (secondary N) is 1. The third kappa shape index (κ3) is 4.15. The van der Waals surface area contributed by atoms with Gasteiger partial charge in [0.2, 0.25) is 0 Å². The summed E-state index contributed by atoms with van der Waals surface area (Å²) in [5.74, 6) is 0.405. The van der Waals surface area contributed by atoms with Crippen molar-refractivity contribution in [3.8, 4) is 0 Å². The van der Waals surface area contributed by atoms with Crippen molar-refractivity contribution in [2.45, 2.75) is 84.2 Å². The van der Waals surface area contributed by atoms with E-state index in [0.717, 1.165) is 54.5 Å². The molecule has 148 valence electrons. The van der Waals surface area contributed by atoms with E-state index in [-0.39, 0.29) is 17.5 Å². The predicted octanol–water partition coefficient (Wildman–Crippen LogP) is 3.62. The maximum atomic E-state index is 13.2. The van der Waals surface area contributed by atoms with Crippen LogP contribution < -0.4 is 11.1 Å². The van der Waals surface area contributed by atoms with Crippen molar-refractivity contribution in [2.75, 3.05) is 6.54 Å². The number of carbonyl (C=O) groups excluding carboxylic acids is 1. The van der Waals surface area contributed by atoms with Crippen molar-refractivity contribution in [3.63, 3.8) is 0 Å². The Balaban J connectivity index is 2.05. The number of fused-ring (bicyclic) bond motifs is 1. The van der Waals surface area contributed by atoms with Gasteiger partial charge in [0.1, 0.15) is 0 Å². The van der Waals surface area contributed by atoms with E-state index >= 15 is 0 Å². The van der Waals surface area contributed by atoms with Gasteiger partial charge < -0.3 is 11.1 Å². The Kier molecular flexibility index (Phi) is 5.56. The number of amides is 1. The fourth-order valence-corrected chi connectivity index (χ4v) is 3.51. The summed E-state index contributed by atoms with van der Waals surface area (Å²) in [7, 11) is 0. The minimum atomic E-state index is -0.198. The predicted molar refractivity (Wildman–Crippen MR) is 109 cm³/mol. The van der Waals surface area contributed by atoms with Crippen LogP contribution in [0.3, 0.4) is 0 Å². The van der Waals surface area contributed by atoms with Crippen molar-refractivity contribution in [1.82, 2.24) is 20.1 Å². The van der Waals surface area contributed by atoms with Crippen LogP contribution in [0.5, 0.6) is 0 Å². The molecule has 6 nitrogen and oxygen atoms in total. The summed E-state index contributed by atoms with van der Waals surface area (Å²) in [5, 5.41) is 8.73. The summed E-state index contributed by atoms with van der Waals surface area (Å²) in [4.78, 5) is 18.1. The Hall–Kier alpha value is -1.95. The molecule has 0 saturated heterocycles. The highest BCUT2D eigenvalue weighted by Crippen LogP contribution is 2.41. The second kappa shape index (κ2) is 7.58. The van der Waals surface area contributed by atoms with E-state index in [1.807, 2.05) is 17.7 Å². The van der Waals surface area contributed by atoms with Gasteiger partial charge in [-0.2, -0.15) is 5.10 Å². The van der Waals surface area contributed by atoms with Gasteiger partial charge >= 0.3 is 0 Å². The Morgan fingerprint density at radius 1 is 1.41 bits per heavy atom. The number of pyridine rings is 1. The second-order valence-electron chi connectivity index (χ2n) is 8.78. The highest BCUT2D eigenvalue weighted by atomic mass is 16.1. The maximum absolute atomic E-state index is 13.2. The fourth-order valence-electron chi connectivity index (χ4n) is 3.51. The molecule has 1 amide bonds. The van der Waals surface area contributed by atoms with Gasteiger partial charge in [0.05, 0.1) is 22.2 Å². The Morgan fingerprint density at radius 2 is 2.11 bits per heavy atom. The fraction of sp³-hybridized carbons (Fsp3) is 0.667. The Morgan fingerprint density at radius 3 is 2.67 bits per heavy atom. The molecule has 2 aromatic rings. The summed E-state index contributed by atoms with van der Waals surface area (Å²) in [6.07, 6.45) is 5.34. The number of unbranched alkanes of at least 4 members (excludes halogenated alkanes) is 1. The van der Waals surface area contributed by atoms with E-state index in [0.29, 0.717) is 18.0 Å². The lowest BCUT2D eigenvalue weighted by Gasteiger charge is -2.20. The molecule has 1 atom stereocenters. The summed E-state index contributed by atoms with van der Waals surface area (Å²) in [6, 6.07) is 1.98. The van der Waals surface area contributed by atoms with Crippen LogP contribution in [0, 0.1) is 6.92 Å². The van der Waals surface area contributed by atoms with Crippen LogP contribution in [0.4, 0.5) is 0 Å². The first kappa shape index (κ1) is 19.8. The normalized spacial score (nSPS) is 15.9. The molecule has 0 bridgehead atoms. The van der Waals surface area contributed by atoms with Crippen molar-refractivity contribution >= 4 is 16.9 Å². The number of carbonyl (C=O) groups is 1. The molecule has 6 heteroatoms. The summed E-state index contributed by atoms with van der Waals surface area (Å²) >= 11 is 0. The summed E-state index contributed by atoms with van der Waals surface area (Å²) < 4.78 is 1.96. The molecule has 0 radical (unpaired) electrons. The molecule has 3 N–H and O–H groups in total. The lowest BCUT2D eigenvalue weighted by Crippen LogP contribution is -2.40. The number of hydrogen-bond acceptors (Lipinski definition) is 4. The zero-order valence-corrected chi connectivity index (χ0v) is 17.3. The molecule has 1 saturated carbocycles. The van der Waals surface area contributed by atoms with Crippen molar-refractivity contribution < 1.29 is 4.79 Å². The molecule has 0 spiro atoms. The zero-order chi connectivity index (χ0) is 19.8. The van der Waals surface area contributed by atoms with Crippen molar-refractivity contribution in [2.24, 2.45) is 5.73 Å². The summed E-state index contributed by atoms with van der Waals surface area (Å²) in [5.41, 5.74) is 9.04. The van der Waals surface area contributed by atoms with E-state index in [1.54, 1.807) is 0 Å². The molecule has 1 aliphatic rings. The van der Waals surface area contributed by atoms with Crippen LogP contribution in [0.1, 0.15) is 87.5 Å². The highest BCUT2D eigenvalue weighted by Gasteiger charge is 2.30. The molecule has 1 unspecified atom stereocenters. The molecular weight excluding hydrogens is 338 g/mol. The van der Waals surface area contributed by atoms with Gasteiger partial charge in [-0.25, -0.2) is 9.67 Å². The first-order chi connectivity index (χ1) is 12.8. The number of nitrogens with two attached hydrogens (primary N) is 1. The monoisotopic (exact) mass is 371 g/mol. The van der Waals surface area contributed by atoms with Crippen LogP contribution in [0.25, 0.3) is 11.0 Å². The number of aromatic nitrogens is 3. The molecule has 3 rings (SSSR count). The van der Waals surface area contributed by atoms with Crippen LogP contribution in [-0.4, -0.2) is 33.3 Å². The number of rotatable bonds is 7. The van der Waals surface area contributed by atoms with E-state index in [1.165, 1.54) is 0 Å². The Labute approximate surface area is 161 Å². The summed E-state index contributed by atoms with van der Waals surface area (Å²) in [6.45, 7) is 10.9. The average molecular weight is 372 g/mol. The van der Waals surface area contributed by atoms with E-state index in [9.17, 15) is 4.79 Å². The molecule has 2 aromatic heterocycles. The smallest absolute Gasteiger partial charge is 0.252 e. The number of nitrogens with zero attached hydrogens (tertiary/aromatic N) is 3. The van der Waals surface area contributed by atoms with Gasteiger partial charge in [-0.1, -0.05) is 19.8 Å². The molecule has 0 aliphatic heterocycles. The lowest BCUT2D eigenvalue weighted by atomic mass is 10.0. The molecule has 1 fully saturated rings. The third-order valence-corrected chi connectivity index (χ3v) is 5.23. The van der Waals surface area contributed by atoms with Gasteiger partial charge in [-0.05, 0) is 53.0 Å². The topological polar surface area (TPSA) is 85.8 Å². The van der Waals surface area contributed by atoms with Gasteiger partial charge in [-0.15, -0.1) is 0 Å². The van der Waals surface area contributed by atoms with E-state index in [2.05, 4.69) is 33.0 Å². The van der Waals surface area contributed by atoms with E-state index < -0.39 is 0 Å². The first-order valence-corrected chi connectivity index (χ1v) is 10.2. The van der Waals surface area contributed by atoms with Gasteiger partial charge in [0, 0.05) is 24.2 Å². The standard InChI is InChI=1S/C21H33N5O/c1-6-7-8-15(12-22)23-20(27)16-11-17(14-9-10-14)24-19-18(16)13(2)25-26(19)21(3,4)5/h11,14-15H,6-10,12,22H2,1-5H3,(H,23,27). The van der Waals surface area contributed by atoms with Crippen LogP contribution >= 0.6 is 0 Å². The average Bonchev–Trinajstić information content (AvgIpc) is 3.40.